The SMILES string of the molecule is Cc1ccc(CC2(C(C)Br)CC2)cc1C. The van der Waals surface area contributed by atoms with E-state index in [0.717, 1.165) is 0 Å². The van der Waals surface area contributed by atoms with Crippen molar-refractivity contribution in [3.05, 3.63) is 34.9 Å². The van der Waals surface area contributed by atoms with Gasteiger partial charge in [0, 0.05) is 4.83 Å². The molecule has 82 valence electrons. The predicted octanol–water partition coefficient (Wildman–Crippen LogP) is 4.41. The lowest BCUT2D eigenvalue weighted by molar-refractivity contribution is 0.509. The molecule has 1 heteroatoms. The third-order valence-electron chi connectivity index (χ3n) is 3.86. The molecule has 1 saturated carbocycles. The van der Waals surface area contributed by atoms with Gasteiger partial charge in [0.1, 0.15) is 0 Å². The quantitative estimate of drug-likeness (QED) is 0.711. The zero-order chi connectivity index (χ0) is 11.1. The van der Waals surface area contributed by atoms with E-state index in [0.29, 0.717) is 10.2 Å². The van der Waals surface area contributed by atoms with Gasteiger partial charge in [-0.2, -0.15) is 0 Å². The number of benzene rings is 1. The van der Waals surface area contributed by atoms with Crippen LogP contribution in [0.4, 0.5) is 0 Å². The molecule has 0 saturated heterocycles. The molecule has 1 atom stereocenters. The summed E-state index contributed by atoms with van der Waals surface area (Å²) in [5.74, 6) is 0. The van der Waals surface area contributed by atoms with Gasteiger partial charge < -0.3 is 0 Å². The van der Waals surface area contributed by atoms with E-state index in [4.69, 9.17) is 0 Å². The lowest BCUT2D eigenvalue weighted by Crippen LogP contribution is -2.15. The van der Waals surface area contributed by atoms with E-state index in [9.17, 15) is 0 Å². The van der Waals surface area contributed by atoms with E-state index in [1.165, 1.54) is 36.0 Å². The highest BCUT2D eigenvalue weighted by atomic mass is 79.9. The zero-order valence-electron chi connectivity index (χ0n) is 9.81. The van der Waals surface area contributed by atoms with Crippen LogP contribution in [0.15, 0.2) is 18.2 Å². The van der Waals surface area contributed by atoms with Crippen LogP contribution in [0, 0.1) is 19.3 Å². The number of alkyl halides is 1. The van der Waals surface area contributed by atoms with Crippen LogP contribution in [-0.2, 0) is 6.42 Å². The van der Waals surface area contributed by atoms with Gasteiger partial charge >= 0.3 is 0 Å². The van der Waals surface area contributed by atoms with Gasteiger partial charge in [0.05, 0.1) is 0 Å². The van der Waals surface area contributed by atoms with E-state index < -0.39 is 0 Å². The Morgan fingerprint density at radius 2 is 1.93 bits per heavy atom. The molecule has 0 heterocycles. The number of halogens is 1. The van der Waals surface area contributed by atoms with Crippen molar-refractivity contribution < 1.29 is 0 Å². The fraction of sp³-hybridized carbons (Fsp3) is 0.571. The molecule has 1 aromatic carbocycles. The molecular formula is C14H19Br. The van der Waals surface area contributed by atoms with Crippen molar-refractivity contribution in [2.24, 2.45) is 5.41 Å². The van der Waals surface area contributed by atoms with Crippen molar-refractivity contribution in [3.63, 3.8) is 0 Å². The average Bonchev–Trinajstić information content (AvgIpc) is 2.93. The predicted molar refractivity (Wildman–Crippen MR) is 69.7 cm³/mol. The number of aryl methyl sites for hydroxylation is 2. The summed E-state index contributed by atoms with van der Waals surface area (Å²) < 4.78 is 0. The van der Waals surface area contributed by atoms with Crippen LogP contribution >= 0.6 is 15.9 Å². The van der Waals surface area contributed by atoms with Gasteiger partial charge in [-0.25, -0.2) is 0 Å². The maximum absolute atomic E-state index is 3.75. The van der Waals surface area contributed by atoms with Gasteiger partial charge in [0.15, 0.2) is 0 Å². The van der Waals surface area contributed by atoms with Crippen LogP contribution in [0.5, 0.6) is 0 Å². The van der Waals surface area contributed by atoms with Crippen LogP contribution < -0.4 is 0 Å². The Morgan fingerprint density at radius 1 is 1.27 bits per heavy atom. The highest BCUT2D eigenvalue weighted by molar-refractivity contribution is 9.09. The first-order valence-electron chi connectivity index (χ1n) is 5.74. The Bertz CT molecular complexity index is 362. The van der Waals surface area contributed by atoms with Crippen molar-refractivity contribution in [2.45, 2.75) is 44.9 Å². The number of rotatable bonds is 3. The Balaban J connectivity index is 2.15. The number of hydrogen-bond donors (Lipinski definition) is 0. The summed E-state index contributed by atoms with van der Waals surface area (Å²) in [6, 6.07) is 6.89. The molecule has 1 fully saturated rings. The van der Waals surface area contributed by atoms with E-state index in [-0.39, 0.29) is 0 Å². The summed E-state index contributed by atoms with van der Waals surface area (Å²) in [7, 11) is 0. The summed E-state index contributed by atoms with van der Waals surface area (Å²) >= 11 is 3.75. The second-order valence-corrected chi connectivity index (χ2v) is 6.45. The molecule has 2 rings (SSSR count). The maximum atomic E-state index is 3.75. The molecule has 0 aromatic heterocycles. The molecule has 0 radical (unpaired) electrons. The average molecular weight is 267 g/mol. The topological polar surface area (TPSA) is 0 Å². The lowest BCUT2D eigenvalue weighted by Gasteiger charge is -2.18. The van der Waals surface area contributed by atoms with Gasteiger partial charge in [-0.1, -0.05) is 41.1 Å². The van der Waals surface area contributed by atoms with Crippen LogP contribution in [0.25, 0.3) is 0 Å². The summed E-state index contributed by atoms with van der Waals surface area (Å²) in [5.41, 5.74) is 4.88. The maximum Gasteiger partial charge on any atom is 0.0177 e. The van der Waals surface area contributed by atoms with E-state index in [1.807, 2.05) is 0 Å². The first-order chi connectivity index (χ1) is 7.03. The summed E-state index contributed by atoms with van der Waals surface area (Å²) in [5, 5.41) is 0. The molecule has 0 amide bonds. The van der Waals surface area contributed by atoms with Gasteiger partial charge in [-0.3, -0.25) is 0 Å². The highest BCUT2D eigenvalue weighted by Gasteiger charge is 2.45. The molecule has 0 bridgehead atoms. The standard InChI is InChI=1S/C14H19Br/c1-10-4-5-13(8-11(10)2)9-14(6-7-14)12(3)15/h4-5,8,12H,6-7,9H2,1-3H3. The molecule has 1 aliphatic rings. The van der Waals surface area contributed by atoms with Gasteiger partial charge in [0.25, 0.3) is 0 Å². The zero-order valence-corrected chi connectivity index (χ0v) is 11.4. The fourth-order valence-corrected chi connectivity index (χ4v) is 2.82. The van der Waals surface area contributed by atoms with Crippen LogP contribution in [0.1, 0.15) is 36.5 Å². The summed E-state index contributed by atoms with van der Waals surface area (Å²) in [6.07, 6.45) is 4.00. The van der Waals surface area contributed by atoms with Crippen molar-refractivity contribution in [2.75, 3.05) is 0 Å². The fourth-order valence-electron chi connectivity index (χ4n) is 2.20. The van der Waals surface area contributed by atoms with Crippen LogP contribution in [-0.4, -0.2) is 4.83 Å². The molecule has 0 spiro atoms. The van der Waals surface area contributed by atoms with Crippen molar-refractivity contribution in [3.8, 4) is 0 Å². The van der Waals surface area contributed by atoms with Crippen molar-refractivity contribution >= 4 is 15.9 Å². The van der Waals surface area contributed by atoms with Crippen molar-refractivity contribution in [1.82, 2.24) is 0 Å². The van der Waals surface area contributed by atoms with Gasteiger partial charge in [-0.05, 0) is 55.2 Å². The van der Waals surface area contributed by atoms with Crippen molar-refractivity contribution in [1.29, 1.82) is 0 Å². The molecule has 1 aliphatic carbocycles. The van der Waals surface area contributed by atoms with Crippen LogP contribution in [0.3, 0.4) is 0 Å². The monoisotopic (exact) mass is 266 g/mol. The molecule has 0 nitrogen and oxygen atoms in total. The molecule has 1 aromatic rings. The Kier molecular flexibility index (Phi) is 2.94. The van der Waals surface area contributed by atoms with Gasteiger partial charge in [0.2, 0.25) is 0 Å². The third-order valence-corrected chi connectivity index (χ3v) is 4.83. The molecule has 15 heavy (non-hydrogen) atoms. The Labute approximate surface area is 101 Å². The smallest absolute Gasteiger partial charge is 0.0177 e. The largest absolute Gasteiger partial charge is 0.0888 e. The normalized spacial score (nSPS) is 20.0. The Hall–Kier alpha value is -0.300. The molecule has 0 N–H and O–H groups in total. The minimum absolute atomic E-state index is 0.557. The van der Waals surface area contributed by atoms with Gasteiger partial charge in [-0.15, -0.1) is 0 Å². The van der Waals surface area contributed by atoms with E-state index in [2.05, 4.69) is 54.9 Å². The summed E-state index contributed by atoms with van der Waals surface area (Å²) in [6.45, 7) is 6.67. The molecular weight excluding hydrogens is 248 g/mol. The third kappa shape index (κ3) is 2.28. The summed E-state index contributed by atoms with van der Waals surface area (Å²) in [4.78, 5) is 0.645. The first kappa shape index (κ1) is 11.2. The first-order valence-corrected chi connectivity index (χ1v) is 6.65. The number of hydrogen-bond acceptors (Lipinski definition) is 0. The minimum Gasteiger partial charge on any atom is -0.0888 e. The molecule has 0 aliphatic heterocycles. The van der Waals surface area contributed by atoms with E-state index in [1.54, 1.807) is 0 Å². The minimum atomic E-state index is 0.557. The second kappa shape index (κ2) is 3.93. The highest BCUT2D eigenvalue weighted by Crippen LogP contribution is 2.53. The molecule has 1 unspecified atom stereocenters. The Morgan fingerprint density at radius 3 is 2.40 bits per heavy atom. The lowest BCUT2D eigenvalue weighted by atomic mass is 9.92. The van der Waals surface area contributed by atoms with E-state index >= 15 is 0 Å². The van der Waals surface area contributed by atoms with Crippen LogP contribution in [0.2, 0.25) is 0 Å². The second-order valence-electron chi connectivity index (χ2n) is 5.07.